The van der Waals surface area contributed by atoms with E-state index in [9.17, 15) is 9.18 Å². The smallest absolute Gasteiger partial charge is 0.227 e. The minimum absolute atomic E-state index is 0.0635. The lowest BCUT2D eigenvalue weighted by molar-refractivity contribution is -0.129. The van der Waals surface area contributed by atoms with Gasteiger partial charge in [-0.25, -0.2) is 4.39 Å². The summed E-state index contributed by atoms with van der Waals surface area (Å²) in [6.07, 6.45) is 4.77. The molecule has 0 aliphatic heterocycles. The Kier molecular flexibility index (Phi) is 4.24. The normalized spacial score (nSPS) is 10.3. The number of hydrogen-bond donors (Lipinski definition) is 1. The minimum Gasteiger partial charge on any atom is -0.505 e. The Morgan fingerprint density at radius 3 is 2.85 bits per heavy atom. The first-order valence-corrected chi connectivity index (χ1v) is 6.02. The van der Waals surface area contributed by atoms with E-state index in [1.165, 1.54) is 17.0 Å². The van der Waals surface area contributed by atoms with E-state index in [0.29, 0.717) is 17.8 Å². The number of halogens is 1. The third kappa shape index (κ3) is 3.50. The molecule has 1 N–H and O–H groups in total. The van der Waals surface area contributed by atoms with Crippen molar-refractivity contribution in [2.75, 3.05) is 7.05 Å². The number of hydrogen-bond acceptors (Lipinski definition) is 4. The molecule has 0 aliphatic rings. The van der Waals surface area contributed by atoms with Gasteiger partial charge in [0, 0.05) is 19.4 Å². The SMILES string of the molecule is CN(Cc1cnccn1)C(=O)Cc1ccc(O)c(F)c1. The molecule has 104 valence electrons. The van der Waals surface area contributed by atoms with Crippen molar-refractivity contribution in [2.24, 2.45) is 0 Å². The van der Waals surface area contributed by atoms with Crippen LogP contribution in [0.5, 0.6) is 5.75 Å². The molecule has 1 heterocycles. The Balaban J connectivity index is 1.99. The van der Waals surface area contributed by atoms with E-state index in [-0.39, 0.29) is 12.3 Å². The molecule has 0 aliphatic carbocycles. The van der Waals surface area contributed by atoms with E-state index in [4.69, 9.17) is 5.11 Å². The zero-order valence-corrected chi connectivity index (χ0v) is 11.0. The number of aromatic nitrogens is 2. The van der Waals surface area contributed by atoms with Gasteiger partial charge < -0.3 is 10.0 Å². The number of aromatic hydroxyl groups is 1. The zero-order valence-electron chi connectivity index (χ0n) is 11.0. The summed E-state index contributed by atoms with van der Waals surface area (Å²) in [7, 11) is 1.65. The predicted molar refractivity (Wildman–Crippen MR) is 70.3 cm³/mol. The van der Waals surface area contributed by atoms with Crippen molar-refractivity contribution in [3.63, 3.8) is 0 Å². The first-order chi connectivity index (χ1) is 9.56. The molecule has 0 bridgehead atoms. The lowest BCUT2D eigenvalue weighted by atomic mass is 10.1. The quantitative estimate of drug-likeness (QED) is 0.918. The molecule has 6 heteroatoms. The number of nitrogens with zero attached hydrogens (tertiary/aromatic N) is 3. The molecule has 0 spiro atoms. The monoisotopic (exact) mass is 275 g/mol. The predicted octanol–water partition coefficient (Wildman–Crippen LogP) is 1.52. The molecule has 0 atom stereocenters. The largest absolute Gasteiger partial charge is 0.505 e. The molecule has 20 heavy (non-hydrogen) atoms. The molecule has 2 aromatic rings. The summed E-state index contributed by atoms with van der Waals surface area (Å²) in [5, 5.41) is 9.10. The maximum atomic E-state index is 13.2. The van der Waals surface area contributed by atoms with Crippen LogP contribution in [0.1, 0.15) is 11.3 Å². The molecule has 2 rings (SSSR count). The van der Waals surface area contributed by atoms with Gasteiger partial charge in [0.15, 0.2) is 11.6 Å². The average Bonchev–Trinajstić information content (AvgIpc) is 2.44. The highest BCUT2D eigenvalue weighted by Crippen LogP contribution is 2.17. The summed E-state index contributed by atoms with van der Waals surface area (Å²) in [5.74, 6) is -1.32. The average molecular weight is 275 g/mol. The lowest BCUT2D eigenvalue weighted by Gasteiger charge is -2.16. The van der Waals surface area contributed by atoms with Gasteiger partial charge in [0.05, 0.1) is 24.9 Å². The number of likely N-dealkylation sites (N-methyl/N-ethyl adjacent to an activating group) is 1. The Hall–Kier alpha value is -2.50. The summed E-state index contributed by atoms with van der Waals surface area (Å²) in [4.78, 5) is 21.5. The summed E-state index contributed by atoms with van der Waals surface area (Å²) >= 11 is 0. The van der Waals surface area contributed by atoms with Crippen LogP contribution in [-0.2, 0) is 17.8 Å². The number of phenols is 1. The van der Waals surface area contributed by atoms with E-state index < -0.39 is 11.6 Å². The molecule has 0 fully saturated rings. The fourth-order valence-electron chi connectivity index (χ4n) is 1.71. The second kappa shape index (κ2) is 6.10. The van der Waals surface area contributed by atoms with E-state index in [2.05, 4.69) is 9.97 Å². The standard InChI is InChI=1S/C14H14FN3O2/c1-18(9-11-8-16-4-5-17-11)14(20)7-10-2-3-13(19)12(15)6-10/h2-6,8,19H,7,9H2,1H3. The number of amides is 1. The Morgan fingerprint density at radius 1 is 1.40 bits per heavy atom. The lowest BCUT2D eigenvalue weighted by Crippen LogP contribution is -2.28. The summed E-state index contributed by atoms with van der Waals surface area (Å²) < 4.78 is 13.2. The van der Waals surface area contributed by atoms with Crippen LogP contribution in [0.4, 0.5) is 4.39 Å². The minimum atomic E-state index is -0.730. The maximum absolute atomic E-state index is 13.2. The molecule has 0 saturated carbocycles. The third-order valence-electron chi connectivity index (χ3n) is 2.81. The molecule has 1 aromatic heterocycles. The van der Waals surface area contributed by atoms with Gasteiger partial charge in [-0.15, -0.1) is 0 Å². The van der Waals surface area contributed by atoms with Crippen molar-refractivity contribution >= 4 is 5.91 Å². The van der Waals surface area contributed by atoms with E-state index in [0.717, 1.165) is 6.07 Å². The Morgan fingerprint density at radius 2 is 2.20 bits per heavy atom. The topological polar surface area (TPSA) is 66.3 Å². The van der Waals surface area contributed by atoms with Gasteiger partial charge in [-0.2, -0.15) is 0 Å². The van der Waals surface area contributed by atoms with Crippen LogP contribution < -0.4 is 0 Å². The van der Waals surface area contributed by atoms with Gasteiger partial charge in [-0.3, -0.25) is 14.8 Å². The van der Waals surface area contributed by atoms with Gasteiger partial charge >= 0.3 is 0 Å². The fraction of sp³-hybridized carbons (Fsp3) is 0.214. The van der Waals surface area contributed by atoms with Crippen molar-refractivity contribution in [3.05, 3.63) is 53.9 Å². The van der Waals surface area contributed by atoms with Crippen molar-refractivity contribution in [1.29, 1.82) is 0 Å². The van der Waals surface area contributed by atoms with Gasteiger partial charge in [-0.05, 0) is 17.7 Å². The van der Waals surface area contributed by atoms with Crippen LogP contribution >= 0.6 is 0 Å². The summed E-state index contributed by atoms with van der Waals surface area (Å²) in [6, 6.07) is 3.91. The second-order valence-electron chi connectivity index (χ2n) is 4.41. The summed E-state index contributed by atoms with van der Waals surface area (Å²) in [6.45, 7) is 0.341. The highest BCUT2D eigenvalue weighted by atomic mass is 19.1. The molecule has 5 nitrogen and oxygen atoms in total. The molecular weight excluding hydrogens is 261 g/mol. The third-order valence-corrected chi connectivity index (χ3v) is 2.81. The highest BCUT2D eigenvalue weighted by molar-refractivity contribution is 5.78. The fourth-order valence-corrected chi connectivity index (χ4v) is 1.71. The molecule has 1 amide bonds. The van der Waals surface area contributed by atoms with Gasteiger partial charge in [-0.1, -0.05) is 6.07 Å². The van der Waals surface area contributed by atoms with E-state index >= 15 is 0 Å². The number of carbonyl (C=O) groups excluding carboxylic acids is 1. The van der Waals surface area contributed by atoms with Crippen LogP contribution in [0.3, 0.4) is 0 Å². The number of carbonyl (C=O) groups is 1. The molecule has 0 unspecified atom stereocenters. The Labute approximate surface area is 115 Å². The first-order valence-electron chi connectivity index (χ1n) is 6.02. The molecule has 0 radical (unpaired) electrons. The van der Waals surface area contributed by atoms with E-state index in [1.807, 2.05) is 0 Å². The van der Waals surface area contributed by atoms with Gasteiger partial charge in [0.1, 0.15) is 0 Å². The van der Waals surface area contributed by atoms with Gasteiger partial charge in [0.25, 0.3) is 0 Å². The maximum Gasteiger partial charge on any atom is 0.227 e. The van der Waals surface area contributed by atoms with Crippen molar-refractivity contribution in [3.8, 4) is 5.75 Å². The van der Waals surface area contributed by atoms with Crippen LogP contribution in [0.2, 0.25) is 0 Å². The molecule has 0 saturated heterocycles. The number of phenolic OH excluding ortho intramolecular Hbond substituents is 1. The second-order valence-corrected chi connectivity index (χ2v) is 4.41. The van der Waals surface area contributed by atoms with Crippen LogP contribution in [0.25, 0.3) is 0 Å². The summed E-state index contributed by atoms with van der Waals surface area (Å²) in [5.41, 5.74) is 1.19. The first kappa shape index (κ1) is 13.9. The van der Waals surface area contributed by atoms with Crippen LogP contribution in [-0.4, -0.2) is 32.9 Å². The Bertz CT molecular complexity index is 605. The number of rotatable bonds is 4. The van der Waals surface area contributed by atoms with Crippen LogP contribution in [0.15, 0.2) is 36.8 Å². The van der Waals surface area contributed by atoms with Crippen LogP contribution in [0, 0.1) is 5.82 Å². The molecule has 1 aromatic carbocycles. The zero-order chi connectivity index (χ0) is 14.5. The van der Waals surface area contributed by atoms with Crippen molar-refractivity contribution < 1.29 is 14.3 Å². The highest BCUT2D eigenvalue weighted by Gasteiger charge is 2.12. The van der Waals surface area contributed by atoms with Crippen molar-refractivity contribution in [2.45, 2.75) is 13.0 Å². The number of benzene rings is 1. The van der Waals surface area contributed by atoms with E-state index in [1.54, 1.807) is 25.6 Å². The van der Waals surface area contributed by atoms with Crippen molar-refractivity contribution in [1.82, 2.24) is 14.9 Å². The molecular formula is C14H14FN3O2. The van der Waals surface area contributed by atoms with Gasteiger partial charge in [0.2, 0.25) is 5.91 Å².